The maximum Gasteiger partial charge on any atom is 0.336 e. The van der Waals surface area contributed by atoms with E-state index in [1.807, 2.05) is 26.0 Å². The summed E-state index contributed by atoms with van der Waals surface area (Å²) in [6.07, 6.45) is 7.74. The summed E-state index contributed by atoms with van der Waals surface area (Å²) >= 11 is 0. The van der Waals surface area contributed by atoms with Gasteiger partial charge in [0.25, 0.3) is 0 Å². The number of aryl methyl sites for hydroxylation is 1. The summed E-state index contributed by atoms with van der Waals surface area (Å²) in [5, 5.41) is 0. The summed E-state index contributed by atoms with van der Waals surface area (Å²) in [5.41, 5.74) is 5.35. The van der Waals surface area contributed by atoms with Crippen LogP contribution >= 0.6 is 0 Å². The maximum absolute atomic E-state index is 12.3. The van der Waals surface area contributed by atoms with E-state index in [0.717, 1.165) is 35.1 Å². The topological polar surface area (TPSA) is 65.5 Å². The number of rotatable bonds is 3. The number of aromatic nitrogens is 1. The summed E-state index contributed by atoms with van der Waals surface area (Å²) in [6, 6.07) is 5.54. The molecule has 4 rings (SSSR count). The van der Waals surface area contributed by atoms with E-state index in [1.54, 1.807) is 24.5 Å². The fourth-order valence-corrected chi connectivity index (χ4v) is 4.06. The average molecular weight is 375 g/mol. The van der Waals surface area contributed by atoms with Gasteiger partial charge in [0.2, 0.25) is 0 Å². The second kappa shape index (κ2) is 7.08. The van der Waals surface area contributed by atoms with Crippen molar-refractivity contribution >= 4 is 18.0 Å². The molecule has 1 fully saturated rings. The normalized spacial score (nSPS) is 20.6. The van der Waals surface area contributed by atoms with E-state index >= 15 is 0 Å². The summed E-state index contributed by atoms with van der Waals surface area (Å²) in [6.45, 7) is 7.79. The van der Waals surface area contributed by atoms with E-state index < -0.39 is 5.97 Å². The molecule has 1 aliphatic carbocycles. The minimum atomic E-state index is -0.466. The van der Waals surface area contributed by atoms with Gasteiger partial charge in [-0.3, -0.25) is 4.98 Å². The SMILES string of the molecule is C=C1C(=O)OC2c3c(C)c(OC(=O)C=Cc4cccnc4)cc(C)c3CCC12. The van der Waals surface area contributed by atoms with Crippen LogP contribution in [0.1, 0.15) is 40.3 Å². The van der Waals surface area contributed by atoms with Crippen LogP contribution in [0.5, 0.6) is 5.75 Å². The Morgan fingerprint density at radius 1 is 1.39 bits per heavy atom. The lowest BCUT2D eigenvalue weighted by atomic mass is 9.76. The fraction of sp³-hybridized carbons (Fsp3) is 0.261. The highest BCUT2D eigenvalue weighted by Crippen LogP contribution is 2.49. The van der Waals surface area contributed by atoms with Gasteiger partial charge < -0.3 is 9.47 Å². The lowest BCUT2D eigenvalue weighted by molar-refractivity contribution is -0.139. The molecule has 142 valence electrons. The molecule has 1 aromatic heterocycles. The Morgan fingerprint density at radius 2 is 2.21 bits per heavy atom. The molecule has 0 bridgehead atoms. The van der Waals surface area contributed by atoms with Crippen LogP contribution < -0.4 is 4.74 Å². The van der Waals surface area contributed by atoms with Crippen molar-refractivity contribution in [1.29, 1.82) is 0 Å². The smallest absolute Gasteiger partial charge is 0.336 e. The van der Waals surface area contributed by atoms with Gasteiger partial charge in [0.1, 0.15) is 11.9 Å². The van der Waals surface area contributed by atoms with Crippen molar-refractivity contribution in [1.82, 2.24) is 4.98 Å². The van der Waals surface area contributed by atoms with Gasteiger partial charge in [0, 0.05) is 35.5 Å². The van der Waals surface area contributed by atoms with E-state index in [0.29, 0.717) is 11.3 Å². The van der Waals surface area contributed by atoms with E-state index in [4.69, 9.17) is 9.47 Å². The third-order valence-electron chi connectivity index (χ3n) is 5.53. The first-order chi connectivity index (χ1) is 13.5. The second-order valence-electron chi connectivity index (χ2n) is 7.25. The number of hydrogen-bond donors (Lipinski definition) is 0. The zero-order chi connectivity index (χ0) is 19.8. The fourth-order valence-electron chi connectivity index (χ4n) is 4.06. The molecule has 2 unspecified atom stereocenters. The van der Waals surface area contributed by atoms with Gasteiger partial charge >= 0.3 is 11.9 Å². The standard InChI is InChI=1S/C23H21NO4/c1-13-11-19(27-20(25)9-6-16-5-4-10-24-12-16)15(3)21-17(13)7-8-18-14(2)23(26)28-22(18)21/h4-6,9-12,18,22H,2,7-8H2,1,3H3. The number of benzene rings is 1. The van der Waals surface area contributed by atoms with Crippen molar-refractivity contribution in [2.24, 2.45) is 5.92 Å². The molecule has 2 aliphatic rings. The highest BCUT2D eigenvalue weighted by atomic mass is 16.6. The molecule has 0 spiro atoms. The predicted molar refractivity (Wildman–Crippen MR) is 105 cm³/mol. The van der Waals surface area contributed by atoms with Gasteiger partial charge in [0.05, 0.1) is 0 Å². The Hall–Kier alpha value is -3.21. The molecule has 0 amide bonds. The van der Waals surface area contributed by atoms with Crippen LogP contribution in [-0.2, 0) is 20.7 Å². The molecule has 1 aromatic carbocycles. The minimum Gasteiger partial charge on any atom is -0.453 e. The molecule has 5 heteroatoms. The molecular formula is C23H21NO4. The summed E-state index contributed by atoms with van der Waals surface area (Å²) in [7, 11) is 0. The summed E-state index contributed by atoms with van der Waals surface area (Å²) in [4.78, 5) is 28.3. The Labute approximate surface area is 163 Å². The van der Waals surface area contributed by atoms with Crippen LogP contribution in [0.2, 0.25) is 0 Å². The molecule has 2 aromatic rings. The van der Waals surface area contributed by atoms with E-state index in [1.165, 1.54) is 11.6 Å². The highest BCUT2D eigenvalue weighted by Gasteiger charge is 2.44. The van der Waals surface area contributed by atoms with E-state index in [9.17, 15) is 9.59 Å². The maximum atomic E-state index is 12.3. The second-order valence-corrected chi connectivity index (χ2v) is 7.25. The minimum absolute atomic E-state index is 0.00507. The van der Waals surface area contributed by atoms with Gasteiger partial charge in [-0.2, -0.15) is 0 Å². The zero-order valence-corrected chi connectivity index (χ0v) is 15.9. The van der Waals surface area contributed by atoms with Crippen molar-refractivity contribution in [2.45, 2.75) is 32.8 Å². The van der Waals surface area contributed by atoms with E-state index in [2.05, 4.69) is 11.6 Å². The van der Waals surface area contributed by atoms with Gasteiger partial charge in [-0.1, -0.05) is 12.6 Å². The number of hydrogen-bond acceptors (Lipinski definition) is 5. The quantitative estimate of drug-likeness (QED) is 0.460. The molecular weight excluding hydrogens is 354 g/mol. The number of nitrogens with zero attached hydrogens (tertiary/aromatic N) is 1. The molecule has 0 saturated carbocycles. The van der Waals surface area contributed by atoms with Gasteiger partial charge in [-0.15, -0.1) is 0 Å². The molecule has 2 atom stereocenters. The molecule has 2 heterocycles. The molecule has 1 saturated heterocycles. The zero-order valence-electron chi connectivity index (χ0n) is 15.9. The van der Waals surface area contributed by atoms with Gasteiger partial charge in [0.15, 0.2) is 0 Å². The molecule has 28 heavy (non-hydrogen) atoms. The lowest BCUT2D eigenvalue weighted by Gasteiger charge is -2.30. The van der Waals surface area contributed by atoms with Crippen molar-refractivity contribution < 1.29 is 19.1 Å². The first-order valence-electron chi connectivity index (χ1n) is 9.28. The third kappa shape index (κ3) is 3.13. The lowest BCUT2D eigenvalue weighted by Crippen LogP contribution is -2.21. The van der Waals surface area contributed by atoms with Crippen LogP contribution in [-0.4, -0.2) is 16.9 Å². The Balaban J connectivity index is 1.63. The van der Waals surface area contributed by atoms with E-state index in [-0.39, 0.29) is 18.0 Å². The molecule has 0 radical (unpaired) electrons. The van der Waals surface area contributed by atoms with Crippen LogP contribution in [0.15, 0.2) is 48.8 Å². The monoisotopic (exact) mass is 375 g/mol. The van der Waals surface area contributed by atoms with Crippen molar-refractivity contribution in [3.05, 3.63) is 76.6 Å². The summed E-state index contributed by atoms with van der Waals surface area (Å²) < 4.78 is 11.2. The predicted octanol–water partition coefficient (Wildman–Crippen LogP) is 4.03. The Bertz CT molecular complexity index is 1010. The summed E-state index contributed by atoms with van der Waals surface area (Å²) in [5.74, 6) is -0.311. The third-order valence-corrected chi connectivity index (χ3v) is 5.53. The largest absolute Gasteiger partial charge is 0.453 e. The number of carbonyl (C=O) groups excluding carboxylic acids is 2. The van der Waals surface area contributed by atoms with Crippen LogP contribution in [0.3, 0.4) is 0 Å². The van der Waals surface area contributed by atoms with Crippen molar-refractivity contribution in [3.8, 4) is 5.75 Å². The van der Waals surface area contributed by atoms with Crippen molar-refractivity contribution in [3.63, 3.8) is 0 Å². The van der Waals surface area contributed by atoms with Crippen molar-refractivity contribution in [2.75, 3.05) is 0 Å². The molecule has 0 N–H and O–H groups in total. The number of esters is 2. The number of fused-ring (bicyclic) bond motifs is 3. The number of carbonyl (C=O) groups is 2. The average Bonchev–Trinajstić information content (AvgIpc) is 2.98. The Morgan fingerprint density at radius 3 is 2.96 bits per heavy atom. The van der Waals surface area contributed by atoms with Crippen LogP contribution in [0.4, 0.5) is 0 Å². The first kappa shape index (κ1) is 18.2. The van der Waals surface area contributed by atoms with Gasteiger partial charge in [-0.25, -0.2) is 9.59 Å². The van der Waals surface area contributed by atoms with Crippen LogP contribution in [0, 0.1) is 19.8 Å². The van der Waals surface area contributed by atoms with Crippen LogP contribution in [0.25, 0.3) is 6.08 Å². The Kier molecular flexibility index (Phi) is 4.59. The number of pyridine rings is 1. The van der Waals surface area contributed by atoms with Gasteiger partial charge in [-0.05, 0) is 67.2 Å². The number of ether oxygens (including phenoxy) is 2. The molecule has 5 nitrogen and oxygen atoms in total. The molecule has 1 aliphatic heterocycles. The highest BCUT2D eigenvalue weighted by molar-refractivity contribution is 5.91. The first-order valence-corrected chi connectivity index (χ1v) is 9.28.